The molecule has 0 fully saturated rings. The van der Waals surface area contributed by atoms with Gasteiger partial charge in [-0.3, -0.25) is 4.98 Å². The number of phenols is 1. The summed E-state index contributed by atoms with van der Waals surface area (Å²) < 4.78 is 5.74. The number of phenolic OH excluding ortho intramolecular Hbond substituents is 1. The molecule has 0 aliphatic heterocycles. The van der Waals surface area contributed by atoms with Gasteiger partial charge in [0.1, 0.15) is 11.3 Å². The Morgan fingerprint density at radius 2 is 1.95 bits per heavy atom. The van der Waals surface area contributed by atoms with Crippen LogP contribution in [0, 0.1) is 0 Å². The number of hydrogen-bond acceptors (Lipinski definition) is 3. The minimum absolute atomic E-state index is 0.226. The van der Waals surface area contributed by atoms with Crippen LogP contribution < -0.4 is 0 Å². The third-order valence-corrected chi connectivity index (χ3v) is 3.49. The predicted molar refractivity (Wildman–Crippen MR) is 81.8 cm³/mol. The van der Waals surface area contributed by atoms with E-state index < -0.39 is 0 Å². The van der Waals surface area contributed by atoms with Gasteiger partial charge in [0.15, 0.2) is 0 Å². The van der Waals surface area contributed by atoms with Crippen LogP contribution >= 0.6 is 0 Å². The fourth-order valence-electron chi connectivity index (χ4n) is 2.33. The van der Waals surface area contributed by atoms with E-state index in [1.54, 1.807) is 12.3 Å². The summed E-state index contributed by atoms with van der Waals surface area (Å²) in [5, 5.41) is 10.8. The molecule has 0 spiro atoms. The molecule has 1 aromatic carbocycles. The number of ether oxygens (including phenoxy) is 1. The predicted octanol–water partition coefficient (Wildman–Crippen LogP) is 4.43. The molecular formula is C17H23NO2. The zero-order valence-electron chi connectivity index (χ0n) is 12.1. The molecule has 0 aliphatic rings. The van der Waals surface area contributed by atoms with Gasteiger partial charge in [0.05, 0.1) is 6.61 Å². The van der Waals surface area contributed by atoms with Crippen molar-refractivity contribution in [1.29, 1.82) is 0 Å². The first-order valence-electron chi connectivity index (χ1n) is 7.46. The van der Waals surface area contributed by atoms with E-state index in [1.807, 2.05) is 18.2 Å². The maximum Gasteiger partial charge on any atom is 0.141 e. The first-order chi connectivity index (χ1) is 9.83. The van der Waals surface area contributed by atoms with Crippen molar-refractivity contribution in [3.63, 3.8) is 0 Å². The highest BCUT2D eigenvalue weighted by Crippen LogP contribution is 2.25. The van der Waals surface area contributed by atoms with Crippen LogP contribution in [0.3, 0.4) is 0 Å². The Bertz CT molecular complexity index is 540. The molecule has 0 atom stereocenters. The summed E-state index contributed by atoms with van der Waals surface area (Å²) in [4.78, 5) is 4.21. The number of fused-ring (bicyclic) bond motifs is 1. The highest BCUT2D eigenvalue weighted by atomic mass is 16.5. The van der Waals surface area contributed by atoms with Gasteiger partial charge in [-0.2, -0.15) is 0 Å². The second-order valence-corrected chi connectivity index (χ2v) is 5.11. The van der Waals surface area contributed by atoms with Crippen molar-refractivity contribution in [3.05, 3.63) is 36.0 Å². The Labute approximate surface area is 120 Å². The second kappa shape index (κ2) is 7.85. The van der Waals surface area contributed by atoms with Gasteiger partial charge in [-0.25, -0.2) is 0 Å². The van der Waals surface area contributed by atoms with Gasteiger partial charge in [0.25, 0.3) is 0 Å². The molecule has 2 aromatic rings. The maximum absolute atomic E-state index is 9.78. The van der Waals surface area contributed by atoms with Gasteiger partial charge in [0, 0.05) is 18.2 Å². The Kier molecular flexibility index (Phi) is 5.81. The van der Waals surface area contributed by atoms with Gasteiger partial charge in [-0.15, -0.1) is 0 Å². The standard InChI is InChI=1S/C17H23NO2/c1-2-3-4-5-6-12-20-13-14-9-10-16(19)17-15(14)8-7-11-18-17/h7-11,19H,2-6,12-13H2,1H3. The summed E-state index contributed by atoms with van der Waals surface area (Å²) in [6.07, 6.45) is 7.94. The van der Waals surface area contributed by atoms with Crippen LogP contribution in [0.5, 0.6) is 5.75 Å². The fourth-order valence-corrected chi connectivity index (χ4v) is 2.33. The lowest BCUT2D eigenvalue weighted by Gasteiger charge is -2.08. The summed E-state index contributed by atoms with van der Waals surface area (Å²) in [5.74, 6) is 0.226. The van der Waals surface area contributed by atoms with Gasteiger partial charge in [0.2, 0.25) is 0 Å². The van der Waals surface area contributed by atoms with E-state index in [4.69, 9.17) is 4.74 Å². The van der Waals surface area contributed by atoms with Crippen molar-refractivity contribution in [1.82, 2.24) is 4.98 Å². The Hall–Kier alpha value is -1.61. The van der Waals surface area contributed by atoms with Crippen LogP contribution in [0.4, 0.5) is 0 Å². The topological polar surface area (TPSA) is 42.4 Å². The molecule has 0 amide bonds. The van der Waals surface area contributed by atoms with Crippen molar-refractivity contribution in [2.75, 3.05) is 6.61 Å². The quantitative estimate of drug-likeness (QED) is 0.724. The molecule has 0 bridgehead atoms. The number of aromatic nitrogens is 1. The Morgan fingerprint density at radius 1 is 1.10 bits per heavy atom. The summed E-state index contributed by atoms with van der Waals surface area (Å²) in [6, 6.07) is 7.46. The summed E-state index contributed by atoms with van der Waals surface area (Å²) in [6.45, 7) is 3.60. The van der Waals surface area contributed by atoms with Crippen LogP contribution in [-0.2, 0) is 11.3 Å². The van der Waals surface area contributed by atoms with Crippen molar-refractivity contribution in [2.24, 2.45) is 0 Å². The molecule has 1 aromatic heterocycles. The fraction of sp³-hybridized carbons (Fsp3) is 0.471. The number of nitrogens with zero attached hydrogens (tertiary/aromatic N) is 1. The van der Waals surface area contributed by atoms with Crippen LogP contribution in [-0.4, -0.2) is 16.7 Å². The van der Waals surface area contributed by atoms with Crippen LogP contribution in [0.2, 0.25) is 0 Å². The SMILES string of the molecule is CCCCCCCOCc1ccc(O)c2ncccc12. The van der Waals surface area contributed by atoms with E-state index >= 15 is 0 Å². The van der Waals surface area contributed by atoms with Crippen molar-refractivity contribution in [3.8, 4) is 5.75 Å². The largest absolute Gasteiger partial charge is 0.506 e. The van der Waals surface area contributed by atoms with E-state index in [0.29, 0.717) is 12.1 Å². The average Bonchev–Trinajstić information content (AvgIpc) is 2.49. The molecule has 2 rings (SSSR count). The third kappa shape index (κ3) is 3.94. The lowest BCUT2D eigenvalue weighted by molar-refractivity contribution is 0.117. The molecule has 1 N–H and O–H groups in total. The normalized spacial score (nSPS) is 11.1. The van der Waals surface area contributed by atoms with Gasteiger partial charge >= 0.3 is 0 Å². The molecule has 0 radical (unpaired) electrons. The van der Waals surface area contributed by atoms with Crippen LogP contribution in [0.15, 0.2) is 30.5 Å². The lowest BCUT2D eigenvalue weighted by atomic mass is 10.1. The van der Waals surface area contributed by atoms with Gasteiger partial charge < -0.3 is 9.84 Å². The van der Waals surface area contributed by atoms with E-state index in [0.717, 1.165) is 24.0 Å². The second-order valence-electron chi connectivity index (χ2n) is 5.11. The van der Waals surface area contributed by atoms with E-state index in [9.17, 15) is 5.11 Å². The smallest absolute Gasteiger partial charge is 0.141 e. The van der Waals surface area contributed by atoms with Crippen molar-refractivity contribution >= 4 is 10.9 Å². The molecular weight excluding hydrogens is 250 g/mol. The molecule has 0 saturated carbocycles. The molecule has 0 saturated heterocycles. The highest BCUT2D eigenvalue weighted by Gasteiger charge is 2.05. The van der Waals surface area contributed by atoms with E-state index in [2.05, 4.69) is 11.9 Å². The minimum atomic E-state index is 0.226. The summed E-state index contributed by atoms with van der Waals surface area (Å²) >= 11 is 0. The van der Waals surface area contributed by atoms with Crippen LogP contribution in [0.1, 0.15) is 44.6 Å². The molecule has 20 heavy (non-hydrogen) atoms. The number of benzene rings is 1. The van der Waals surface area contributed by atoms with Gasteiger partial charge in [-0.1, -0.05) is 44.7 Å². The van der Waals surface area contributed by atoms with Crippen molar-refractivity contribution < 1.29 is 9.84 Å². The number of hydrogen-bond donors (Lipinski definition) is 1. The number of aromatic hydroxyl groups is 1. The highest BCUT2D eigenvalue weighted by molar-refractivity contribution is 5.86. The molecule has 1 heterocycles. The number of rotatable bonds is 8. The zero-order valence-corrected chi connectivity index (χ0v) is 12.1. The average molecular weight is 273 g/mol. The Morgan fingerprint density at radius 3 is 2.80 bits per heavy atom. The van der Waals surface area contributed by atoms with E-state index in [-0.39, 0.29) is 5.75 Å². The Balaban J connectivity index is 1.86. The van der Waals surface area contributed by atoms with E-state index in [1.165, 1.54) is 25.7 Å². The summed E-state index contributed by atoms with van der Waals surface area (Å²) in [5.41, 5.74) is 1.73. The number of unbranched alkanes of at least 4 members (excludes halogenated alkanes) is 4. The maximum atomic E-state index is 9.78. The third-order valence-electron chi connectivity index (χ3n) is 3.49. The lowest BCUT2D eigenvalue weighted by Crippen LogP contribution is -1.97. The number of pyridine rings is 1. The molecule has 3 heteroatoms. The van der Waals surface area contributed by atoms with Crippen molar-refractivity contribution in [2.45, 2.75) is 45.6 Å². The van der Waals surface area contributed by atoms with Crippen LogP contribution in [0.25, 0.3) is 10.9 Å². The first kappa shape index (κ1) is 14.8. The molecule has 0 aliphatic carbocycles. The molecule has 108 valence electrons. The molecule has 3 nitrogen and oxygen atoms in total. The monoisotopic (exact) mass is 273 g/mol. The molecule has 0 unspecified atom stereocenters. The minimum Gasteiger partial charge on any atom is -0.506 e. The summed E-state index contributed by atoms with van der Waals surface area (Å²) in [7, 11) is 0. The van der Waals surface area contributed by atoms with Gasteiger partial charge in [-0.05, 0) is 24.1 Å². The zero-order chi connectivity index (χ0) is 14.2. The first-order valence-corrected chi connectivity index (χ1v) is 7.46.